The van der Waals surface area contributed by atoms with Gasteiger partial charge in [0.15, 0.2) is 8.32 Å². The zero-order valence-corrected chi connectivity index (χ0v) is 19.7. The van der Waals surface area contributed by atoms with Crippen LogP contribution in [-0.4, -0.2) is 25.3 Å². The van der Waals surface area contributed by atoms with E-state index in [9.17, 15) is 10.1 Å². The second-order valence-electron chi connectivity index (χ2n) is 9.88. The van der Waals surface area contributed by atoms with Crippen LogP contribution in [0.1, 0.15) is 50.8 Å². The quantitative estimate of drug-likeness (QED) is 0.334. The second-order valence-corrected chi connectivity index (χ2v) is 14.6. The number of benzene rings is 2. The van der Waals surface area contributed by atoms with Crippen molar-refractivity contribution in [2.45, 2.75) is 76.4 Å². The third-order valence-electron chi connectivity index (χ3n) is 6.63. The molecule has 5 nitrogen and oxygen atoms in total. The highest BCUT2D eigenvalue weighted by atomic mass is 28.4. The van der Waals surface area contributed by atoms with Gasteiger partial charge in [-0.05, 0) is 48.5 Å². The average Bonchev–Trinajstić information content (AvgIpc) is 3.14. The molecular formula is C24H34N2O3Si. The van der Waals surface area contributed by atoms with Gasteiger partial charge in [-0.25, -0.2) is 0 Å². The molecule has 3 rings (SSSR count). The summed E-state index contributed by atoms with van der Waals surface area (Å²) in [4.78, 5) is 10.5. The fraction of sp³-hybridized carbons (Fsp3) is 0.500. The van der Waals surface area contributed by atoms with Crippen LogP contribution in [0.3, 0.4) is 0 Å². The molecule has 0 saturated carbocycles. The molecule has 1 unspecified atom stereocenters. The van der Waals surface area contributed by atoms with Crippen LogP contribution in [0.25, 0.3) is 0 Å². The first-order valence-electron chi connectivity index (χ1n) is 10.8. The van der Waals surface area contributed by atoms with Crippen LogP contribution in [0, 0.1) is 10.1 Å². The van der Waals surface area contributed by atoms with Gasteiger partial charge in [0.1, 0.15) is 0 Å². The van der Waals surface area contributed by atoms with E-state index in [1.165, 1.54) is 5.56 Å². The van der Waals surface area contributed by atoms with Crippen LogP contribution >= 0.6 is 0 Å². The highest BCUT2D eigenvalue weighted by Crippen LogP contribution is 2.42. The summed E-state index contributed by atoms with van der Waals surface area (Å²) in [6.45, 7) is 11.5. The summed E-state index contributed by atoms with van der Waals surface area (Å²) in [5, 5.41) is 14.8. The molecule has 2 aromatic rings. The molecule has 1 aliphatic heterocycles. The lowest BCUT2D eigenvalue weighted by molar-refractivity contribution is -0.384. The van der Waals surface area contributed by atoms with E-state index in [1.54, 1.807) is 12.1 Å². The van der Waals surface area contributed by atoms with Crippen molar-refractivity contribution in [2.75, 3.05) is 0 Å². The van der Waals surface area contributed by atoms with Gasteiger partial charge in [-0.15, -0.1) is 0 Å². The Morgan fingerprint density at radius 3 is 2.30 bits per heavy atom. The van der Waals surface area contributed by atoms with E-state index >= 15 is 0 Å². The molecule has 6 heteroatoms. The van der Waals surface area contributed by atoms with Crippen molar-refractivity contribution >= 4 is 14.0 Å². The Labute approximate surface area is 181 Å². The molecule has 0 radical (unpaired) electrons. The molecule has 3 atom stereocenters. The lowest BCUT2D eigenvalue weighted by atomic mass is 10.0. The Kier molecular flexibility index (Phi) is 6.80. The van der Waals surface area contributed by atoms with E-state index in [0.29, 0.717) is 6.04 Å². The Hall–Kier alpha value is -2.02. The first kappa shape index (κ1) is 22.7. The third-order valence-corrected chi connectivity index (χ3v) is 11.1. The molecule has 2 aromatic carbocycles. The molecule has 30 heavy (non-hydrogen) atoms. The summed E-state index contributed by atoms with van der Waals surface area (Å²) >= 11 is 0. The maximum atomic E-state index is 10.9. The van der Waals surface area contributed by atoms with E-state index < -0.39 is 8.32 Å². The SMILES string of the molecule is CC(C)(C)[Si](C)(C)OC(c1ccccc1)[C@H]1CC[C@H](Cc2ccc([N+](=O)[O-])cc2)N1. The highest BCUT2D eigenvalue weighted by molar-refractivity contribution is 6.74. The van der Waals surface area contributed by atoms with Gasteiger partial charge < -0.3 is 9.74 Å². The van der Waals surface area contributed by atoms with Gasteiger partial charge >= 0.3 is 0 Å². The minimum absolute atomic E-state index is 0.0361. The third kappa shape index (κ3) is 5.36. The predicted molar refractivity (Wildman–Crippen MR) is 124 cm³/mol. The fourth-order valence-corrected chi connectivity index (χ4v) is 5.10. The number of nitrogens with one attached hydrogen (secondary N) is 1. The minimum Gasteiger partial charge on any atom is -0.408 e. The van der Waals surface area contributed by atoms with Gasteiger partial charge in [-0.2, -0.15) is 0 Å². The van der Waals surface area contributed by atoms with Crippen molar-refractivity contribution in [3.63, 3.8) is 0 Å². The summed E-state index contributed by atoms with van der Waals surface area (Å²) in [5.41, 5.74) is 2.50. The molecule has 0 aliphatic carbocycles. The number of nitro groups is 1. The molecule has 0 amide bonds. The zero-order valence-electron chi connectivity index (χ0n) is 18.7. The van der Waals surface area contributed by atoms with Crippen molar-refractivity contribution in [3.05, 3.63) is 75.8 Å². The number of nitro benzene ring substituents is 1. The standard InChI is InChI=1S/C24H34N2O3Si/c1-24(2,3)30(4,5)29-23(19-9-7-6-8-10-19)22-16-13-20(25-22)17-18-11-14-21(15-12-18)26(27)28/h6-12,14-15,20,22-23,25H,13,16-17H2,1-5H3/t20-,22-,23?/m1/s1. The number of rotatable bonds is 7. The summed E-state index contributed by atoms with van der Waals surface area (Å²) in [5.74, 6) is 0. The summed E-state index contributed by atoms with van der Waals surface area (Å²) in [6.07, 6.45) is 3.04. The molecule has 0 spiro atoms. The van der Waals surface area contributed by atoms with Gasteiger partial charge in [0.25, 0.3) is 5.69 Å². The second kappa shape index (κ2) is 9.00. The minimum atomic E-state index is -1.94. The maximum Gasteiger partial charge on any atom is 0.269 e. The molecule has 1 N–H and O–H groups in total. The smallest absolute Gasteiger partial charge is 0.269 e. The van der Waals surface area contributed by atoms with E-state index in [-0.39, 0.29) is 27.8 Å². The predicted octanol–water partition coefficient (Wildman–Crippen LogP) is 6.02. The summed E-state index contributed by atoms with van der Waals surface area (Å²) < 4.78 is 6.91. The fourth-order valence-electron chi connectivity index (χ4n) is 3.81. The Bertz CT molecular complexity index is 847. The monoisotopic (exact) mass is 426 g/mol. The van der Waals surface area contributed by atoms with Crippen LogP contribution in [0.5, 0.6) is 0 Å². The molecule has 162 valence electrons. The van der Waals surface area contributed by atoms with Crippen LogP contribution in [0.2, 0.25) is 18.1 Å². The molecular weight excluding hydrogens is 392 g/mol. The number of non-ortho nitro benzene ring substituents is 1. The Balaban J connectivity index is 1.73. The first-order valence-corrected chi connectivity index (χ1v) is 13.7. The van der Waals surface area contributed by atoms with E-state index in [2.05, 4.69) is 63.4 Å². The van der Waals surface area contributed by atoms with Gasteiger partial charge in [-0.1, -0.05) is 63.2 Å². The molecule has 0 aromatic heterocycles. The Morgan fingerprint density at radius 1 is 1.10 bits per heavy atom. The van der Waals surface area contributed by atoms with Gasteiger partial charge in [0.05, 0.1) is 11.0 Å². The molecule has 1 fully saturated rings. The largest absolute Gasteiger partial charge is 0.408 e. The highest BCUT2D eigenvalue weighted by Gasteiger charge is 2.42. The molecule has 1 saturated heterocycles. The van der Waals surface area contributed by atoms with Crippen molar-refractivity contribution in [3.8, 4) is 0 Å². The van der Waals surface area contributed by atoms with Gasteiger partial charge in [0.2, 0.25) is 0 Å². The van der Waals surface area contributed by atoms with Gasteiger partial charge in [0, 0.05) is 24.2 Å². The number of hydrogen-bond acceptors (Lipinski definition) is 4. The molecule has 1 heterocycles. The normalized spacial score (nSPS) is 20.8. The van der Waals surface area contributed by atoms with Crippen LogP contribution < -0.4 is 5.32 Å². The number of hydrogen-bond donors (Lipinski definition) is 1. The van der Waals surface area contributed by atoms with Crippen LogP contribution in [0.4, 0.5) is 5.69 Å². The Morgan fingerprint density at radius 2 is 1.73 bits per heavy atom. The first-order chi connectivity index (χ1) is 14.1. The molecule has 0 bridgehead atoms. The van der Waals surface area contributed by atoms with Crippen LogP contribution in [-0.2, 0) is 10.8 Å². The van der Waals surface area contributed by atoms with Gasteiger partial charge in [-0.3, -0.25) is 10.1 Å². The van der Waals surface area contributed by atoms with Crippen molar-refractivity contribution in [1.29, 1.82) is 0 Å². The van der Waals surface area contributed by atoms with E-state index in [0.717, 1.165) is 24.8 Å². The summed E-state index contributed by atoms with van der Waals surface area (Å²) in [6, 6.07) is 18.1. The lowest BCUT2D eigenvalue weighted by Crippen LogP contribution is -2.46. The zero-order chi connectivity index (χ0) is 21.9. The molecule has 1 aliphatic rings. The topological polar surface area (TPSA) is 64.4 Å². The average molecular weight is 427 g/mol. The maximum absolute atomic E-state index is 10.9. The van der Waals surface area contributed by atoms with Crippen molar-refractivity contribution in [1.82, 2.24) is 5.32 Å². The number of nitrogens with zero attached hydrogens (tertiary/aromatic N) is 1. The van der Waals surface area contributed by atoms with E-state index in [1.807, 2.05) is 18.2 Å². The van der Waals surface area contributed by atoms with Crippen molar-refractivity contribution < 1.29 is 9.35 Å². The lowest BCUT2D eigenvalue weighted by Gasteiger charge is -2.41. The summed E-state index contributed by atoms with van der Waals surface area (Å²) in [7, 11) is -1.94. The van der Waals surface area contributed by atoms with Crippen molar-refractivity contribution in [2.24, 2.45) is 0 Å². The van der Waals surface area contributed by atoms with E-state index in [4.69, 9.17) is 4.43 Å². The van der Waals surface area contributed by atoms with Crippen LogP contribution in [0.15, 0.2) is 54.6 Å².